The summed E-state index contributed by atoms with van der Waals surface area (Å²) in [6, 6.07) is 4.79. The SMILES string of the molecule is CCNC(=O)NC(=O)COc1ccc(Br)cc1Br. The van der Waals surface area contributed by atoms with E-state index in [1.165, 1.54) is 0 Å². The first kappa shape index (κ1) is 15.0. The van der Waals surface area contributed by atoms with Crippen molar-refractivity contribution < 1.29 is 14.3 Å². The van der Waals surface area contributed by atoms with Crippen LogP contribution in [0.3, 0.4) is 0 Å². The zero-order valence-corrected chi connectivity index (χ0v) is 12.8. The summed E-state index contributed by atoms with van der Waals surface area (Å²) in [4.78, 5) is 22.4. The highest BCUT2D eigenvalue weighted by Gasteiger charge is 2.08. The fourth-order valence-corrected chi connectivity index (χ4v) is 2.26. The third kappa shape index (κ3) is 5.05. The normalized spacial score (nSPS) is 9.72. The fourth-order valence-electron chi connectivity index (χ4n) is 1.10. The van der Waals surface area contributed by atoms with Gasteiger partial charge in [0.1, 0.15) is 5.75 Å². The number of carbonyl (C=O) groups excluding carboxylic acids is 2. The van der Waals surface area contributed by atoms with E-state index in [1.807, 2.05) is 0 Å². The molecule has 0 atom stereocenters. The number of urea groups is 1. The number of halogens is 2. The summed E-state index contributed by atoms with van der Waals surface area (Å²) in [5.41, 5.74) is 0. The molecule has 1 aromatic rings. The van der Waals surface area contributed by atoms with Gasteiger partial charge in [0.15, 0.2) is 6.61 Å². The molecular formula is C11H12Br2N2O3. The van der Waals surface area contributed by atoms with Crippen LogP contribution in [-0.2, 0) is 4.79 Å². The summed E-state index contributed by atoms with van der Waals surface area (Å²) >= 11 is 6.62. The average molecular weight is 380 g/mol. The summed E-state index contributed by atoms with van der Waals surface area (Å²) in [6.07, 6.45) is 0. The summed E-state index contributed by atoms with van der Waals surface area (Å²) < 4.78 is 6.89. The van der Waals surface area contributed by atoms with E-state index in [1.54, 1.807) is 25.1 Å². The van der Waals surface area contributed by atoms with Crippen LogP contribution >= 0.6 is 31.9 Å². The monoisotopic (exact) mass is 378 g/mol. The van der Waals surface area contributed by atoms with E-state index >= 15 is 0 Å². The maximum Gasteiger partial charge on any atom is 0.321 e. The van der Waals surface area contributed by atoms with Crippen LogP contribution in [0.4, 0.5) is 4.79 Å². The van der Waals surface area contributed by atoms with Crippen LogP contribution in [0.2, 0.25) is 0 Å². The second-order valence-corrected chi connectivity index (χ2v) is 5.04. The third-order valence-corrected chi connectivity index (χ3v) is 2.96. The van der Waals surface area contributed by atoms with Crippen LogP contribution < -0.4 is 15.4 Å². The van der Waals surface area contributed by atoms with Gasteiger partial charge in [0.25, 0.3) is 5.91 Å². The Hall–Kier alpha value is -1.08. The zero-order valence-electron chi connectivity index (χ0n) is 9.63. The first-order valence-electron chi connectivity index (χ1n) is 5.18. The Morgan fingerprint density at radius 3 is 2.67 bits per heavy atom. The van der Waals surface area contributed by atoms with Crippen LogP contribution in [0.25, 0.3) is 0 Å². The van der Waals surface area contributed by atoms with Gasteiger partial charge in [0.2, 0.25) is 0 Å². The first-order valence-corrected chi connectivity index (χ1v) is 6.77. The lowest BCUT2D eigenvalue weighted by molar-refractivity contribution is -0.122. The lowest BCUT2D eigenvalue weighted by Gasteiger charge is -2.08. The molecule has 7 heteroatoms. The standard InChI is InChI=1S/C11H12Br2N2O3/c1-2-14-11(17)15-10(16)6-18-9-4-3-7(12)5-8(9)13/h3-5H,2,6H2,1H3,(H2,14,15,16,17). The number of carbonyl (C=O) groups is 2. The Morgan fingerprint density at radius 1 is 1.33 bits per heavy atom. The Balaban J connectivity index is 2.45. The number of hydrogen-bond acceptors (Lipinski definition) is 3. The Bertz CT molecular complexity index is 452. The highest BCUT2D eigenvalue weighted by atomic mass is 79.9. The molecule has 0 aliphatic heterocycles. The maximum absolute atomic E-state index is 11.4. The van der Waals surface area contributed by atoms with E-state index in [-0.39, 0.29) is 6.61 Å². The molecule has 0 bridgehead atoms. The number of amides is 3. The van der Waals surface area contributed by atoms with Gasteiger partial charge in [0, 0.05) is 11.0 Å². The van der Waals surface area contributed by atoms with Crippen LogP contribution in [0.15, 0.2) is 27.1 Å². The molecule has 1 aromatic carbocycles. The molecule has 0 fully saturated rings. The van der Waals surface area contributed by atoms with Gasteiger partial charge in [-0.1, -0.05) is 15.9 Å². The van der Waals surface area contributed by atoms with Crippen molar-refractivity contribution in [2.75, 3.05) is 13.2 Å². The second kappa shape index (κ2) is 7.38. The molecule has 98 valence electrons. The first-order chi connectivity index (χ1) is 8.52. The van der Waals surface area contributed by atoms with Gasteiger partial charge < -0.3 is 10.1 Å². The van der Waals surface area contributed by atoms with E-state index in [2.05, 4.69) is 42.5 Å². The van der Waals surface area contributed by atoms with Gasteiger partial charge in [-0.15, -0.1) is 0 Å². The molecule has 18 heavy (non-hydrogen) atoms. The van der Waals surface area contributed by atoms with Crippen molar-refractivity contribution in [3.63, 3.8) is 0 Å². The van der Waals surface area contributed by atoms with E-state index in [4.69, 9.17) is 4.74 Å². The average Bonchev–Trinajstić information content (AvgIpc) is 2.28. The van der Waals surface area contributed by atoms with Crippen molar-refractivity contribution in [1.82, 2.24) is 10.6 Å². The van der Waals surface area contributed by atoms with Crippen LogP contribution in [0.5, 0.6) is 5.75 Å². The molecule has 0 unspecified atom stereocenters. The highest BCUT2D eigenvalue weighted by molar-refractivity contribution is 9.11. The zero-order chi connectivity index (χ0) is 13.5. The number of rotatable bonds is 4. The van der Waals surface area contributed by atoms with Crippen molar-refractivity contribution in [3.8, 4) is 5.75 Å². The minimum atomic E-state index is -0.527. The van der Waals surface area contributed by atoms with Crippen molar-refractivity contribution in [1.29, 1.82) is 0 Å². The largest absolute Gasteiger partial charge is 0.483 e. The number of benzene rings is 1. The molecule has 0 saturated heterocycles. The van der Waals surface area contributed by atoms with Gasteiger partial charge in [-0.25, -0.2) is 4.79 Å². The number of nitrogens with one attached hydrogen (secondary N) is 2. The molecule has 0 saturated carbocycles. The molecule has 0 aliphatic rings. The Kier molecular flexibility index (Phi) is 6.14. The summed E-state index contributed by atoms with van der Waals surface area (Å²) in [7, 11) is 0. The lowest BCUT2D eigenvalue weighted by atomic mass is 10.3. The number of hydrogen-bond donors (Lipinski definition) is 2. The molecule has 0 aliphatic carbocycles. The number of imide groups is 1. The van der Waals surface area contributed by atoms with Crippen LogP contribution in [0.1, 0.15) is 6.92 Å². The molecule has 0 spiro atoms. The fraction of sp³-hybridized carbons (Fsp3) is 0.273. The predicted molar refractivity (Wildman–Crippen MR) is 74.6 cm³/mol. The van der Waals surface area contributed by atoms with Gasteiger partial charge in [-0.3, -0.25) is 10.1 Å². The van der Waals surface area contributed by atoms with Gasteiger partial charge in [0.05, 0.1) is 4.47 Å². The van der Waals surface area contributed by atoms with Crippen LogP contribution in [0, 0.1) is 0 Å². The predicted octanol–water partition coefficient (Wildman–Crippen LogP) is 2.44. The molecule has 2 N–H and O–H groups in total. The minimum absolute atomic E-state index is 0.225. The third-order valence-electron chi connectivity index (χ3n) is 1.84. The maximum atomic E-state index is 11.4. The van der Waals surface area contributed by atoms with Crippen molar-refractivity contribution in [3.05, 3.63) is 27.1 Å². The molecule has 0 heterocycles. The van der Waals surface area contributed by atoms with Crippen molar-refractivity contribution >= 4 is 43.8 Å². The van der Waals surface area contributed by atoms with Gasteiger partial charge in [-0.2, -0.15) is 0 Å². The molecule has 5 nitrogen and oxygen atoms in total. The Morgan fingerprint density at radius 2 is 2.06 bits per heavy atom. The number of ether oxygens (including phenoxy) is 1. The highest BCUT2D eigenvalue weighted by Crippen LogP contribution is 2.27. The van der Waals surface area contributed by atoms with Crippen molar-refractivity contribution in [2.24, 2.45) is 0 Å². The van der Waals surface area contributed by atoms with Gasteiger partial charge in [-0.05, 0) is 41.1 Å². The van der Waals surface area contributed by atoms with E-state index in [9.17, 15) is 9.59 Å². The molecule has 1 rings (SSSR count). The Labute approximate surface area is 122 Å². The second-order valence-electron chi connectivity index (χ2n) is 3.27. The van der Waals surface area contributed by atoms with Crippen LogP contribution in [-0.4, -0.2) is 25.1 Å². The molecule has 3 amide bonds. The van der Waals surface area contributed by atoms with E-state index in [0.29, 0.717) is 12.3 Å². The minimum Gasteiger partial charge on any atom is -0.483 e. The summed E-state index contributed by atoms with van der Waals surface area (Å²) in [5.74, 6) is 0.0278. The molecule has 0 radical (unpaired) electrons. The van der Waals surface area contributed by atoms with E-state index in [0.717, 1.165) is 8.95 Å². The molecular weight excluding hydrogens is 368 g/mol. The topological polar surface area (TPSA) is 67.4 Å². The summed E-state index contributed by atoms with van der Waals surface area (Å²) in [6.45, 7) is 2.00. The molecule has 0 aromatic heterocycles. The van der Waals surface area contributed by atoms with E-state index < -0.39 is 11.9 Å². The van der Waals surface area contributed by atoms with Crippen molar-refractivity contribution in [2.45, 2.75) is 6.92 Å². The van der Waals surface area contributed by atoms with Gasteiger partial charge >= 0.3 is 6.03 Å². The lowest BCUT2D eigenvalue weighted by Crippen LogP contribution is -2.41. The quantitative estimate of drug-likeness (QED) is 0.844. The smallest absolute Gasteiger partial charge is 0.321 e. The summed E-state index contributed by atoms with van der Waals surface area (Å²) in [5, 5.41) is 4.59.